The maximum Gasteiger partial charge on any atom is 0.304 e. The van der Waals surface area contributed by atoms with Crippen molar-refractivity contribution in [1.29, 1.82) is 0 Å². The van der Waals surface area contributed by atoms with Crippen LogP contribution in [0.2, 0.25) is 0 Å². The number of ether oxygens (including phenoxy) is 1. The summed E-state index contributed by atoms with van der Waals surface area (Å²) >= 11 is 0. The molecule has 212 valence electrons. The summed E-state index contributed by atoms with van der Waals surface area (Å²) in [5.74, 6) is -0.683. The molecule has 1 amide bonds. The first kappa shape index (κ1) is 29.3. The van der Waals surface area contributed by atoms with Gasteiger partial charge in [-0.2, -0.15) is 0 Å². The van der Waals surface area contributed by atoms with Gasteiger partial charge >= 0.3 is 5.97 Å². The number of anilines is 1. The third-order valence-electron chi connectivity index (χ3n) is 7.22. The summed E-state index contributed by atoms with van der Waals surface area (Å²) in [4.78, 5) is 25.8. The highest BCUT2D eigenvalue weighted by molar-refractivity contribution is 7.89. The molecular weight excluding hydrogens is 528 g/mol. The molecular formula is C31H36N2O6S. The van der Waals surface area contributed by atoms with E-state index in [0.717, 1.165) is 52.1 Å². The number of hydrogen-bond acceptors (Lipinski definition) is 5. The van der Waals surface area contributed by atoms with E-state index in [9.17, 15) is 18.0 Å². The minimum Gasteiger partial charge on any atom is -0.493 e. The Hall–Kier alpha value is -3.69. The van der Waals surface area contributed by atoms with Crippen LogP contribution in [-0.2, 0) is 32.6 Å². The lowest BCUT2D eigenvalue weighted by Crippen LogP contribution is -2.35. The fourth-order valence-electron chi connectivity index (χ4n) is 4.91. The van der Waals surface area contributed by atoms with Gasteiger partial charge in [-0.1, -0.05) is 42.5 Å². The summed E-state index contributed by atoms with van der Waals surface area (Å²) in [6.45, 7) is 5.31. The van der Waals surface area contributed by atoms with E-state index in [1.165, 1.54) is 5.56 Å². The zero-order valence-corrected chi connectivity index (χ0v) is 23.8. The van der Waals surface area contributed by atoms with E-state index in [2.05, 4.69) is 17.7 Å². The Labute approximate surface area is 236 Å². The van der Waals surface area contributed by atoms with Crippen LogP contribution in [-0.4, -0.2) is 44.3 Å². The van der Waals surface area contributed by atoms with E-state index in [1.54, 1.807) is 0 Å². The van der Waals surface area contributed by atoms with Gasteiger partial charge in [-0.3, -0.25) is 9.59 Å². The van der Waals surface area contributed by atoms with Crippen molar-refractivity contribution < 1.29 is 27.9 Å². The van der Waals surface area contributed by atoms with Gasteiger partial charge in [0.05, 0.1) is 18.8 Å². The smallest absolute Gasteiger partial charge is 0.304 e. The van der Waals surface area contributed by atoms with Crippen molar-refractivity contribution in [2.45, 2.75) is 52.5 Å². The highest BCUT2D eigenvalue weighted by Crippen LogP contribution is 2.36. The quantitative estimate of drug-likeness (QED) is 0.299. The lowest BCUT2D eigenvalue weighted by Gasteiger charge is -2.31. The molecule has 0 bridgehead atoms. The Kier molecular flexibility index (Phi) is 9.60. The van der Waals surface area contributed by atoms with E-state index < -0.39 is 28.2 Å². The number of benzene rings is 3. The summed E-state index contributed by atoms with van der Waals surface area (Å²) in [5, 5.41) is 8.77. The normalized spacial score (nSPS) is 13.1. The number of aryl methyl sites for hydroxylation is 1. The first-order valence-corrected chi connectivity index (χ1v) is 15.2. The largest absolute Gasteiger partial charge is 0.493 e. The van der Waals surface area contributed by atoms with Gasteiger partial charge in [-0.05, 0) is 84.7 Å². The molecule has 0 unspecified atom stereocenters. The molecule has 1 aliphatic rings. The minimum absolute atomic E-state index is 0.0690. The second kappa shape index (κ2) is 13.1. The zero-order valence-electron chi connectivity index (χ0n) is 23.0. The van der Waals surface area contributed by atoms with Crippen LogP contribution in [0.3, 0.4) is 0 Å². The Morgan fingerprint density at radius 1 is 1.02 bits per heavy atom. The molecule has 0 saturated heterocycles. The number of carboxylic acids is 1. The molecule has 2 N–H and O–H groups in total. The van der Waals surface area contributed by atoms with Crippen molar-refractivity contribution in [3.05, 3.63) is 82.9 Å². The number of hydrogen-bond donors (Lipinski definition) is 2. The average Bonchev–Trinajstić information content (AvgIpc) is 2.95. The SMILES string of the molecule is Cc1cccc(OCCCC(=O)N2CCCc3c(-c4cccc(CNS(=O)(=O)CCC(=O)O)c4)cccc32)c1C. The lowest BCUT2D eigenvalue weighted by atomic mass is 9.91. The average molecular weight is 565 g/mol. The van der Waals surface area contributed by atoms with E-state index in [-0.39, 0.29) is 12.5 Å². The summed E-state index contributed by atoms with van der Waals surface area (Å²) in [5.41, 5.74) is 7.04. The number of carboxylic acid groups (broad SMARTS) is 1. The fourth-order valence-corrected chi connectivity index (χ4v) is 5.89. The fraction of sp³-hybridized carbons (Fsp3) is 0.355. The number of aliphatic carboxylic acids is 1. The van der Waals surface area contributed by atoms with Crippen LogP contribution < -0.4 is 14.4 Å². The summed E-state index contributed by atoms with van der Waals surface area (Å²) in [7, 11) is -3.70. The second-order valence-electron chi connectivity index (χ2n) is 10.1. The number of nitrogens with one attached hydrogen (secondary N) is 1. The molecule has 1 heterocycles. The van der Waals surface area contributed by atoms with Crippen molar-refractivity contribution in [1.82, 2.24) is 4.72 Å². The number of carbonyl (C=O) groups is 2. The monoisotopic (exact) mass is 564 g/mol. The van der Waals surface area contributed by atoms with Gasteiger partial charge in [0.1, 0.15) is 5.75 Å². The Balaban J connectivity index is 1.42. The predicted octanol–water partition coefficient (Wildman–Crippen LogP) is 5.00. The molecule has 0 aliphatic carbocycles. The van der Waals surface area contributed by atoms with Crippen LogP contribution in [0, 0.1) is 13.8 Å². The zero-order chi connectivity index (χ0) is 28.7. The standard InChI is InChI=1S/C31H36N2O6S/c1-22-8-3-14-29(23(22)2)39-18-7-15-30(34)33-17-6-12-27-26(11-5-13-28(27)33)25-10-4-9-24(20-25)21-32-40(37,38)19-16-31(35)36/h3-5,8-11,13-14,20,32H,6-7,12,15-19,21H2,1-2H3,(H,35,36). The van der Waals surface area contributed by atoms with Crippen LogP contribution in [0.15, 0.2) is 60.7 Å². The van der Waals surface area contributed by atoms with Gasteiger partial charge in [0.15, 0.2) is 0 Å². The maximum absolute atomic E-state index is 13.2. The maximum atomic E-state index is 13.2. The first-order valence-electron chi connectivity index (χ1n) is 13.5. The number of rotatable bonds is 12. The van der Waals surface area contributed by atoms with Gasteiger partial charge in [-0.15, -0.1) is 0 Å². The molecule has 0 aromatic heterocycles. The second-order valence-corrected chi connectivity index (χ2v) is 12.0. The van der Waals surface area contributed by atoms with E-state index in [1.807, 2.05) is 66.4 Å². The van der Waals surface area contributed by atoms with Gasteiger partial charge in [0.2, 0.25) is 15.9 Å². The molecule has 0 fully saturated rings. The Morgan fingerprint density at radius 3 is 2.60 bits per heavy atom. The van der Waals surface area contributed by atoms with Crippen molar-refractivity contribution >= 4 is 27.6 Å². The molecule has 0 spiro atoms. The van der Waals surface area contributed by atoms with Crippen molar-refractivity contribution in [3.63, 3.8) is 0 Å². The van der Waals surface area contributed by atoms with Gasteiger partial charge in [-0.25, -0.2) is 13.1 Å². The summed E-state index contributed by atoms with van der Waals surface area (Å²) in [6.07, 6.45) is 2.28. The minimum atomic E-state index is -3.70. The molecule has 3 aromatic rings. The number of nitrogens with zero attached hydrogens (tertiary/aromatic N) is 1. The molecule has 0 saturated carbocycles. The van der Waals surface area contributed by atoms with Crippen LogP contribution in [0.25, 0.3) is 11.1 Å². The number of carbonyl (C=O) groups excluding carboxylic acids is 1. The first-order chi connectivity index (χ1) is 19.1. The van der Waals surface area contributed by atoms with E-state index >= 15 is 0 Å². The topological polar surface area (TPSA) is 113 Å². The molecule has 9 heteroatoms. The molecule has 3 aromatic carbocycles. The Bertz CT molecular complexity index is 1480. The van der Waals surface area contributed by atoms with Crippen molar-refractivity contribution in [3.8, 4) is 16.9 Å². The molecule has 40 heavy (non-hydrogen) atoms. The molecule has 0 radical (unpaired) electrons. The van der Waals surface area contributed by atoms with Gasteiger partial charge < -0.3 is 14.7 Å². The lowest BCUT2D eigenvalue weighted by molar-refractivity contribution is -0.136. The van der Waals surface area contributed by atoms with E-state index in [0.29, 0.717) is 26.0 Å². The van der Waals surface area contributed by atoms with E-state index in [4.69, 9.17) is 9.84 Å². The van der Waals surface area contributed by atoms with Crippen LogP contribution in [0.5, 0.6) is 5.75 Å². The number of sulfonamides is 1. The summed E-state index contributed by atoms with van der Waals surface area (Å²) < 4.78 is 32.7. The van der Waals surface area contributed by atoms with Gasteiger partial charge in [0, 0.05) is 25.2 Å². The number of amides is 1. The van der Waals surface area contributed by atoms with Crippen molar-refractivity contribution in [2.75, 3.05) is 23.8 Å². The van der Waals surface area contributed by atoms with Crippen molar-refractivity contribution in [2.24, 2.45) is 0 Å². The molecule has 0 atom stereocenters. The van der Waals surface area contributed by atoms with Crippen LogP contribution >= 0.6 is 0 Å². The van der Waals surface area contributed by atoms with Crippen LogP contribution in [0.1, 0.15) is 47.9 Å². The predicted molar refractivity (Wildman–Crippen MR) is 156 cm³/mol. The highest BCUT2D eigenvalue weighted by atomic mass is 32.2. The number of fused-ring (bicyclic) bond motifs is 1. The summed E-state index contributed by atoms with van der Waals surface area (Å²) in [6, 6.07) is 19.6. The third kappa shape index (κ3) is 7.49. The van der Waals surface area contributed by atoms with Gasteiger partial charge in [0.25, 0.3) is 0 Å². The molecule has 1 aliphatic heterocycles. The molecule has 8 nitrogen and oxygen atoms in total. The molecule has 4 rings (SSSR count). The third-order valence-corrected chi connectivity index (χ3v) is 8.54. The highest BCUT2D eigenvalue weighted by Gasteiger charge is 2.24. The Morgan fingerprint density at radius 2 is 1.80 bits per heavy atom. The van der Waals surface area contributed by atoms with Crippen LogP contribution in [0.4, 0.5) is 5.69 Å².